The second-order valence-corrected chi connectivity index (χ2v) is 9.69. The van der Waals surface area contributed by atoms with Gasteiger partial charge in [-0.2, -0.15) is 26.3 Å². The number of hydrogen-bond donors (Lipinski definition) is 2. The summed E-state index contributed by atoms with van der Waals surface area (Å²) in [5, 5.41) is 11.3. The Hall–Kier alpha value is -2.46. The minimum atomic E-state index is -5.03. The smallest absolute Gasteiger partial charge is 0.433 e. The largest absolute Gasteiger partial charge is 0.493 e. The Morgan fingerprint density at radius 2 is 1.79 bits per heavy atom. The van der Waals surface area contributed by atoms with E-state index < -0.39 is 41.9 Å². The van der Waals surface area contributed by atoms with Crippen molar-refractivity contribution in [1.82, 2.24) is 9.97 Å². The first-order chi connectivity index (χ1) is 15.6. The molecule has 1 aromatic carbocycles. The molecule has 2 aromatic heterocycles. The number of H-pyrrole nitrogens is 1. The summed E-state index contributed by atoms with van der Waals surface area (Å²) >= 11 is 6.18. The van der Waals surface area contributed by atoms with Gasteiger partial charge in [0.15, 0.2) is 5.60 Å². The first-order valence-electron chi connectivity index (χ1n) is 10.4. The van der Waals surface area contributed by atoms with E-state index in [1.165, 1.54) is 6.07 Å². The van der Waals surface area contributed by atoms with E-state index in [9.17, 15) is 31.4 Å². The summed E-state index contributed by atoms with van der Waals surface area (Å²) in [6.45, 7) is 3.50. The van der Waals surface area contributed by atoms with Crippen molar-refractivity contribution < 1.29 is 36.2 Å². The molecule has 0 amide bonds. The Morgan fingerprint density at radius 1 is 1.09 bits per heavy atom. The first kappa shape index (κ1) is 24.7. The zero-order chi connectivity index (χ0) is 25.1. The van der Waals surface area contributed by atoms with Crippen molar-refractivity contribution in [2.45, 2.75) is 56.5 Å². The van der Waals surface area contributed by atoms with Gasteiger partial charge in [0.05, 0.1) is 18.3 Å². The van der Waals surface area contributed by atoms with E-state index in [2.05, 4.69) is 9.97 Å². The Kier molecular flexibility index (Phi) is 5.84. The van der Waals surface area contributed by atoms with Crippen LogP contribution in [0.4, 0.5) is 26.3 Å². The van der Waals surface area contributed by atoms with Crippen molar-refractivity contribution in [2.24, 2.45) is 0 Å². The molecular formula is C23H21ClF6N2O2. The molecule has 0 fully saturated rings. The van der Waals surface area contributed by atoms with Gasteiger partial charge < -0.3 is 14.8 Å². The molecule has 2 N–H and O–H groups in total. The third-order valence-corrected chi connectivity index (χ3v) is 6.29. The number of benzene rings is 1. The fourth-order valence-electron chi connectivity index (χ4n) is 4.52. The Balaban J connectivity index is 1.69. The third-order valence-electron chi connectivity index (χ3n) is 6.07. The molecule has 0 bridgehead atoms. The summed E-state index contributed by atoms with van der Waals surface area (Å²) in [7, 11) is 0. The van der Waals surface area contributed by atoms with Gasteiger partial charge in [-0.3, -0.25) is 0 Å². The van der Waals surface area contributed by atoms with Crippen LogP contribution in [0.25, 0.3) is 10.9 Å². The van der Waals surface area contributed by atoms with Gasteiger partial charge in [0, 0.05) is 34.5 Å². The monoisotopic (exact) mass is 506 g/mol. The highest BCUT2D eigenvalue weighted by atomic mass is 35.5. The highest BCUT2D eigenvalue weighted by Gasteiger charge is 2.56. The van der Waals surface area contributed by atoms with Crippen molar-refractivity contribution in [3.8, 4) is 5.75 Å². The minimum absolute atomic E-state index is 0.0437. The third kappa shape index (κ3) is 4.57. The van der Waals surface area contributed by atoms with Crippen LogP contribution in [0, 0.1) is 0 Å². The van der Waals surface area contributed by atoms with Crippen molar-refractivity contribution in [1.29, 1.82) is 0 Å². The van der Waals surface area contributed by atoms with Crippen LogP contribution in [-0.2, 0) is 24.4 Å². The van der Waals surface area contributed by atoms with Gasteiger partial charge >= 0.3 is 12.4 Å². The van der Waals surface area contributed by atoms with Gasteiger partial charge in [0.1, 0.15) is 11.4 Å². The number of ether oxygens (including phenoxy) is 1. The molecule has 0 spiro atoms. The molecule has 184 valence electrons. The van der Waals surface area contributed by atoms with Gasteiger partial charge in [-0.15, -0.1) is 0 Å². The molecule has 11 heteroatoms. The number of aliphatic hydroxyl groups is 1. The highest BCUT2D eigenvalue weighted by molar-refractivity contribution is 6.30. The summed E-state index contributed by atoms with van der Waals surface area (Å²) in [6, 6.07) is 5.15. The van der Waals surface area contributed by atoms with Crippen molar-refractivity contribution >= 4 is 22.5 Å². The normalized spacial score (nSPS) is 16.4. The van der Waals surface area contributed by atoms with E-state index in [0.29, 0.717) is 29.4 Å². The van der Waals surface area contributed by atoms with E-state index in [1.807, 2.05) is 0 Å². The number of aromatic nitrogens is 2. The fraction of sp³-hybridized carbons (Fsp3) is 0.435. The van der Waals surface area contributed by atoms with E-state index in [0.717, 1.165) is 23.9 Å². The molecule has 1 aliphatic heterocycles. The van der Waals surface area contributed by atoms with Crippen LogP contribution in [0.2, 0.25) is 5.02 Å². The highest BCUT2D eigenvalue weighted by Crippen LogP contribution is 2.47. The summed E-state index contributed by atoms with van der Waals surface area (Å²) in [5.41, 5.74) is -4.26. The zero-order valence-corrected chi connectivity index (χ0v) is 18.9. The van der Waals surface area contributed by atoms with Gasteiger partial charge in [-0.1, -0.05) is 25.4 Å². The number of alkyl halides is 6. The number of halogens is 7. The van der Waals surface area contributed by atoms with E-state index in [-0.39, 0.29) is 16.6 Å². The van der Waals surface area contributed by atoms with Gasteiger partial charge in [-0.25, -0.2) is 4.98 Å². The average molecular weight is 507 g/mol. The summed E-state index contributed by atoms with van der Waals surface area (Å²) in [4.78, 5) is 5.95. The van der Waals surface area contributed by atoms with Crippen LogP contribution in [0.3, 0.4) is 0 Å². The molecular weight excluding hydrogens is 486 g/mol. The predicted octanol–water partition coefficient (Wildman–Crippen LogP) is 6.37. The van der Waals surface area contributed by atoms with Gasteiger partial charge in [-0.05, 0) is 41.7 Å². The fourth-order valence-corrected chi connectivity index (χ4v) is 4.76. The van der Waals surface area contributed by atoms with Gasteiger partial charge in [0.25, 0.3) is 0 Å². The van der Waals surface area contributed by atoms with Crippen molar-refractivity contribution in [3.63, 3.8) is 0 Å². The van der Waals surface area contributed by atoms with Gasteiger partial charge in [0.2, 0.25) is 0 Å². The molecule has 0 saturated heterocycles. The van der Waals surface area contributed by atoms with Crippen molar-refractivity contribution in [3.05, 3.63) is 58.0 Å². The average Bonchev–Trinajstić information content (AvgIpc) is 3.30. The molecule has 34 heavy (non-hydrogen) atoms. The lowest BCUT2D eigenvalue weighted by Gasteiger charge is -2.38. The lowest BCUT2D eigenvalue weighted by molar-refractivity contribution is -0.266. The topological polar surface area (TPSA) is 58.1 Å². The number of aromatic amines is 1. The SMILES string of the molecule is CC(C)(CC(O)(Cc1cc2cc(C(F)(F)F)ncc2[nH]1)C(F)(F)F)c1cc(Cl)cc2c1OCC2. The maximum absolute atomic E-state index is 14.2. The molecule has 0 aliphatic carbocycles. The van der Waals surface area contributed by atoms with Crippen molar-refractivity contribution in [2.75, 3.05) is 6.61 Å². The molecule has 3 aromatic rings. The molecule has 0 saturated carbocycles. The summed E-state index contributed by atoms with van der Waals surface area (Å²) in [5.74, 6) is 0.468. The minimum Gasteiger partial charge on any atom is -0.493 e. The van der Waals surface area contributed by atoms with Crippen LogP contribution >= 0.6 is 11.6 Å². The number of nitrogens with zero attached hydrogens (tertiary/aromatic N) is 1. The zero-order valence-electron chi connectivity index (χ0n) is 18.2. The summed E-state index contributed by atoms with van der Waals surface area (Å²) in [6.07, 6.45) is -9.86. The first-order valence-corrected chi connectivity index (χ1v) is 10.8. The lowest BCUT2D eigenvalue weighted by atomic mass is 9.73. The molecule has 1 atom stereocenters. The Morgan fingerprint density at radius 3 is 2.44 bits per heavy atom. The van der Waals surface area contributed by atoms with E-state index >= 15 is 0 Å². The molecule has 4 rings (SSSR count). The van der Waals surface area contributed by atoms with Crippen LogP contribution < -0.4 is 4.74 Å². The lowest BCUT2D eigenvalue weighted by Crippen LogP contribution is -2.51. The quantitative estimate of drug-likeness (QED) is 0.395. The van der Waals surface area contributed by atoms with Crippen LogP contribution in [0.1, 0.15) is 42.8 Å². The Bertz CT molecular complexity index is 1230. The molecule has 3 heterocycles. The molecule has 1 unspecified atom stereocenters. The number of hydrogen-bond acceptors (Lipinski definition) is 3. The maximum Gasteiger partial charge on any atom is 0.433 e. The Labute approximate surface area is 195 Å². The molecule has 0 radical (unpaired) electrons. The molecule has 1 aliphatic rings. The second-order valence-electron chi connectivity index (χ2n) is 9.26. The molecule has 4 nitrogen and oxygen atoms in total. The number of rotatable bonds is 5. The summed E-state index contributed by atoms with van der Waals surface area (Å²) < 4.78 is 87.0. The second kappa shape index (κ2) is 8.05. The van der Waals surface area contributed by atoms with Crippen LogP contribution in [0.15, 0.2) is 30.5 Å². The number of nitrogens with one attached hydrogen (secondary N) is 1. The van der Waals surface area contributed by atoms with E-state index in [4.69, 9.17) is 16.3 Å². The van der Waals surface area contributed by atoms with Crippen LogP contribution in [-0.4, -0.2) is 33.5 Å². The number of pyridine rings is 1. The predicted molar refractivity (Wildman–Crippen MR) is 114 cm³/mol. The maximum atomic E-state index is 14.2. The van der Waals surface area contributed by atoms with E-state index in [1.54, 1.807) is 19.9 Å². The van der Waals surface area contributed by atoms with Crippen LogP contribution in [0.5, 0.6) is 5.75 Å². The standard InChI is InChI=1S/C23H21ClF6N2O2/c1-20(2,16-8-14(24)5-12-3-4-34-19(12)16)11-21(33,23(28,29)30)9-15-6-13-7-18(22(25,26)27)31-10-17(13)32-15/h5-8,10,32-33H,3-4,9,11H2,1-2H3. The number of fused-ring (bicyclic) bond motifs is 2.